The van der Waals surface area contributed by atoms with E-state index in [0.29, 0.717) is 0 Å². The van der Waals surface area contributed by atoms with Crippen LogP contribution < -0.4 is 0 Å². The lowest BCUT2D eigenvalue weighted by molar-refractivity contribution is 0.268. The van der Waals surface area contributed by atoms with Gasteiger partial charge in [-0.15, -0.1) is 0 Å². The number of benzene rings is 1. The molecule has 0 saturated heterocycles. The van der Waals surface area contributed by atoms with Crippen LogP contribution in [0.15, 0.2) is 10.5 Å². The third-order valence-electron chi connectivity index (χ3n) is 1.39. The largest absolute Gasteiger partial charge is 0.507 e. The number of aromatic hydroxyl groups is 1. The van der Waals surface area contributed by atoms with Crippen LogP contribution in [0, 0.1) is 11.6 Å². The smallest absolute Gasteiger partial charge is 0.149 e. The molecule has 1 aromatic rings. The summed E-state index contributed by atoms with van der Waals surface area (Å²) in [5.74, 6) is -2.46. The van der Waals surface area contributed by atoms with Gasteiger partial charge in [-0.05, 0) is 15.9 Å². The molecule has 1 rings (SSSR count). The molecule has 0 unspecified atom stereocenters. The molecule has 5 heteroatoms. The summed E-state index contributed by atoms with van der Waals surface area (Å²) in [4.78, 5) is 0. The van der Waals surface area contributed by atoms with E-state index in [9.17, 15) is 8.78 Å². The molecule has 0 fully saturated rings. The number of phenols is 1. The van der Waals surface area contributed by atoms with Gasteiger partial charge in [-0.2, -0.15) is 0 Å². The highest BCUT2D eigenvalue weighted by molar-refractivity contribution is 9.10. The Morgan fingerprint density at radius 3 is 2.50 bits per heavy atom. The third kappa shape index (κ3) is 1.42. The lowest BCUT2D eigenvalue weighted by Gasteiger charge is -2.04. The van der Waals surface area contributed by atoms with Gasteiger partial charge in [-0.1, -0.05) is 0 Å². The maximum atomic E-state index is 12.9. The maximum absolute atomic E-state index is 12.9. The van der Waals surface area contributed by atoms with Crippen molar-refractivity contribution in [2.45, 2.75) is 6.61 Å². The standard InChI is InChI=1S/C7H5BrF2O2/c8-6-5(12)1-4(9)3(2-11)7(6)10/h1,11-12H,2H2. The Bertz CT molecular complexity index is 315. The van der Waals surface area contributed by atoms with Gasteiger partial charge in [-0.3, -0.25) is 0 Å². The van der Waals surface area contributed by atoms with E-state index in [2.05, 4.69) is 15.9 Å². The molecule has 2 nitrogen and oxygen atoms in total. The summed E-state index contributed by atoms with van der Waals surface area (Å²) in [6.07, 6.45) is 0. The van der Waals surface area contributed by atoms with Crippen LogP contribution in [0.3, 0.4) is 0 Å². The number of aliphatic hydroxyl groups excluding tert-OH is 1. The molecular formula is C7H5BrF2O2. The average Bonchev–Trinajstić information content (AvgIpc) is 2.01. The Morgan fingerprint density at radius 1 is 1.42 bits per heavy atom. The van der Waals surface area contributed by atoms with Gasteiger partial charge in [0.2, 0.25) is 0 Å². The van der Waals surface area contributed by atoms with Crippen molar-refractivity contribution in [3.05, 3.63) is 27.7 Å². The van der Waals surface area contributed by atoms with Crippen LogP contribution in [0.25, 0.3) is 0 Å². The molecule has 0 heterocycles. The molecular weight excluding hydrogens is 234 g/mol. The Balaban J connectivity index is 3.40. The Kier molecular flexibility index (Phi) is 2.64. The van der Waals surface area contributed by atoms with Crippen LogP contribution in [0.1, 0.15) is 5.56 Å². The fourth-order valence-electron chi connectivity index (χ4n) is 0.765. The van der Waals surface area contributed by atoms with Crippen molar-refractivity contribution in [1.82, 2.24) is 0 Å². The van der Waals surface area contributed by atoms with Crippen LogP contribution in [-0.2, 0) is 6.61 Å². The summed E-state index contributed by atoms with van der Waals surface area (Å²) in [6, 6.07) is 0.735. The van der Waals surface area contributed by atoms with E-state index in [1.54, 1.807) is 0 Å². The van der Waals surface area contributed by atoms with E-state index >= 15 is 0 Å². The number of aliphatic hydroxyl groups is 1. The zero-order valence-corrected chi connectivity index (χ0v) is 7.40. The molecule has 0 bridgehead atoms. The van der Waals surface area contributed by atoms with E-state index in [4.69, 9.17) is 10.2 Å². The monoisotopic (exact) mass is 238 g/mol. The van der Waals surface area contributed by atoms with Crippen molar-refractivity contribution in [3.63, 3.8) is 0 Å². The lowest BCUT2D eigenvalue weighted by Crippen LogP contribution is -1.96. The molecule has 2 N–H and O–H groups in total. The predicted molar refractivity (Wildman–Crippen MR) is 41.6 cm³/mol. The second-order valence-electron chi connectivity index (χ2n) is 2.14. The fourth-order valence-corrected chi connectivity index (χ4v) is 1.12. The first-order valence-electron chi connectivity index (χ1n) is 3.04. The predicted octanol–water partition coefficient (Wildman–Crippen LogP) is 1.93. The summed E-state index contributed by atoms with van der Waals surface area (Å²) in [5, 5.41) is 17.4. The SMILES string of the molecule is OCc1c(F)cc(O)c(Br)c1F. The highest BCUT2D eigenvalue weighted by atomic mass is 79.9. The molecule has 0 spiro atoms. The second-order valence-corrected chi connectivity index (χ2v) is 2.94. The van der Waals surface area contributed by atoms with E-state index in [1.165, 1.54) is 0 Å². The molecule has 0 aliphatic carbocycles. The summed E-state index contributed by atoms with van der Waals surface area (Å²) in [7, 11) is 0. The van der Waals surface area contributed by atoms with Gasteiger partial charge in [0.05, 0.1) is 16.6 Å². The molecule has 0 saturated carbocycles. The van der Waals surface area contributed by atoms with Gasteiger partial charge in [0.15, 0.2) is 0 Å². The number of phenolic OH excluding ortho intramolecular Hbond substituents is 1. The quantitative estimate of drug-likeness (QED) is 0.735. The van der Waals surface area contributed by atoms with Crippen LogP contribution in [0.4, 0.5) is 8.78 Å². The molecule has 0 amide bonds. The molecule has 12 heavy (non-hydrogen) atoms. The summed E-state index contributed by atoms with van der Waals surface area (Å²) < 4.78 is 25.4. The van der Waals surface area contributed by atoms with Crippen LogP contribution in [-0.4, -0.2) is 10.2 Å². The van der Waals surface area contributed by atoms with Gasteiger partial charge in [0.1, 0.15) is 17.4 Å². The number of hydrogen-bond donors (Lipinski definition) is 2. The first-order chi connectivity index (χ1) is 5.57. The Hall–Kier alpha value is -0.680. The van der Waals surface area contributed by atoms with Crippen LogP contribution in [0.2, 0.25) is 0 Å². The lowest BCUT2D eigenvalue weighted by atomic mass is 10.2. The van der Waals surface area contributed by atoms with Crippen molar-refractivity contribution in [3.8, 4) is 5.75 Å². The van der Waals surface area contributed by atoms with Gasteiger partial charge >= 0.3 is 0 Å². The number of rotatable bonds is 1. The van der Waals surface area contributed by atoms with Gasteiger partial charge < -0.3 is 10.2 Å². The molecule has 0 aliphatic heterocycles. The Morgan fingerprint density at radius 2 is 2.00 bits per heavy atom. The van der Waals surface area contributed by atoms with E-state index in [0.717, 1.165) is 6.07 Å². The number of halogens is 3. The molecule has 0 aliphatic rings. The maximum Gasteiger partial charge on any atom is 0.149 e. The highest BCUT2D eigenvalue weighted by Crippen LogP contribution is 2.30. The van der Waals surface area contributed by atoms with Crippen molar-refractivity contribution in [1.29, 1.82) is 0 Å². The van der Waals surface area contributed by atoms with Crippen LogP contribution >= 0.6 is 15.9 Å². The van der Waals surface area contributed by atoms with Gasteiger partial charge in [0.25, 0.3) is 0 Å². The summed E-state index contributed by atoms with van der Waals surface area (Å²) in [5.41, 5.74) is -0.459. The zero-order valence-electron chi connectivity index (χ0n) is 5.81. The van der Waals surface area contributed by atoms with Gasteiger partial charge in [0, 0.05) is 6.07 Å². The van der Waals surface area contributed by atoms with Gasteiger partial charge in [-0.25, -0.2) is 8.78 Å². The van der Waals surface area contributed by atoms with E-state index in [-0.39, 0.29) is 4.47 Å². The topological polar surface area (TPSA) is 40.5 Å². The minimum absolute atomic E-state index is 0.243. The highest BCUT2D eigenvalue weighted by Gasteiger charge is 2.15. The fraction of sp³-hybridized carbons (Fsp3) is 0.143. The average molecular weight is 239 g/mol. The van der Waals surface area contributed by atoms with Crippen molar-refractivity contribution >= 4 is 15.9 Å². The summed E-state index contributed by atoms with van der Waals surface area (Å²) >= 11 is 2.70. The molecule has 66 valence electrons. The summed E-state index contributed by atoms with van der Waals surface area (Å²) in [6.45, 7) is -0.740. The normalized spacial score (nSPS) is 10.3. The van der Waals surface area contributed by atoms with Crippen molar-refractivity contribution in [2.24, 2.45) is 0 Å². The zero-order chi connectivity index (χ0) is 9.30. The Labute approximate surface area is 75.6 Å². The second kappa shape index (κ2) is 3.37. The minimum atomic E-state index is -0.977. The minimum Gasteiger partial charge on any atom is -0.507 e. The van der Waals surface area contributed by atoms with E-state index in [1.807, 2.05) is 0 Å². The number of hydrogen-bond acceptors (Lipinski definition) is 2. The molecule has 0 radical (unpaired) electrons. The molecule has 0 aromatic heterocycles. The van der Waals surface area contributed by atoms with Crippen molar-refractivity contribution < 1.29 is 19.0 Å². The molecule has 1 aromatic carbocycles. The molecule has 0 atom stereocenters. The van der Waals surface area contributed by atoms with Crippen molar-refractivity contribution in [2.75, 3.05) is 0 Å². The van der Waals surface area contributed by atoms with Crippen LogP contribution in [0.5, 0.6) is 5.75 Å². The third-order valence-corrected chi connectivity index (χ3v) is 2.15. The van der Waals surface area contributed by atoms with E-state index < -0.39 is 29.6 Å². The first-order valence-corrected chi connectivity index (χ1v) is 3.83. The first kappa shape index (κ1) is 9.41.